The van der Waals surface area contributed by atoms with E-state index in [0.29, 0.717) is 13.0 Å². The first-order valence-corrected chi connectivity index (χ1v) is 5.21. The van der Waals surface area contributed by atoms with E-state index in [9.17, 15) is 4.79 Å². The minimum atomic E-state index is -0.722. The summed E-state index contributed by atoms with van der Waals surface area (Å²) < 4.78 is 0. The Labute approximate surface area is 89.6 Å². The number of halogens is 1. The van der Waals surface area contributed by atoms with Gasteiger partial charge in [0.15, 0.2) is 0 Å². The summed E-state index contributed by atoms with van der Waals surface area (Å²) >= 11 is 5.90. The highest BCUT2D eigenvalue weighted by Crippen LogP contribution is 2.30. The SMILES string of the molecule is CC(C)C(C)(C#N)N1CC(Cl)CC1=O. The fraction of sp³-hybridized carbons (Fsp3) is 0.800. The average Bonchev–Trinajstić information content (AvgIpc) is 2.44. The van der Waals surface area contributed by atoms with Crippen LogP contribution in [0.5, 0.6) is 0 Å². The van der Waals surface area contributed by atoms with Gasteiger partial charge in [0.05, 0.1) is 11.4 Å². The number of likely N-dealkylation sites (tertiary alicyclic amines) is 1. The van der Waals surface area contributed by atoms with E-state index >= 15 is 0 Å². The van der Waals surface area contributed by atoms with E-state index in [4.69, 9.17) is 16.9 Å². The van der Waals surface area contributed by atoms with Gasteiger partial charge in [-0.25, -0.2) is 0 Å². The van der Waals surface area contributed by atoms with Gasteiger partial charge in [-0.3, -0.25) is 4.79 Å². The van der Waals surface area contributed by atoms with Crippen molar-refractivity contribution in [1.82, 2.24) is 4.90 Å². The summed E-state index contributed by atoms with van der Waals surface area (Å²) in [5, 5.41) is 8.99. The molecule has 1 amide bonds. The van der Waals surface area contributed by atoms with Crippen molar-refractivity contribution in [3.05, 3.63) is 0 Å². The Bertz CT molecular complexity index is 284. The van der Waals surface area contributed by atoms with E-state index in [1.807, 2.05) is 13.8 Å². The third-order valence-corrected chi connectivity index (χ3v) is 3.28. The van der Waals surface area contributed by atoms with Crippen LogP contribution in [0.2, 0.25) is 0 Å². The molecule has 1 heterocycles. The van der Waals surface area contributed by atoms with E-state index in [0.717, 1.165) is 0 Å². The van der Waals surface area contributed by atoms with Crippen molar-refractivity contribution in [2.45, 2.75) is 38.1 Å². The van der Waals surface area contributed by atoms with E-state index in [1.54, 1.807) is 11.8 Å². The zero-order valence-electron chi connectivity index (χ0n) is 8.75. The van der Waals surface area contributed by atoms with Crippen LogP contribution in [-0.2, 0) is 4.79 Å². The predicted molar refractivity (Wildman–Crippen MR) is 54.8 cm³/mol. The lowest BCUT2D eigenvalue weighted by Crippen LogP contribution is -2.50. The molecule has 0 aromatic heterocycles. The number of carbonyl (C=O) groups excluding carboxylic acids is 1. The summed E-state index contributed by atoms with van der Waals surface area (Å²) in [7, 11) is 0. The number of rotatable bonds is 2. The Balaban J connectivity index is 2.92. The van der Waals surface area contributed by atoms with Crippen LogP contribution >= 0.6 is 11.6 Å². The monoisotopic (exact) mass is 214 g/mol. The fourth-order valence-corrected chi connectivity index (χ4v) is 1.88. The number of carbonyl (C=O) groups is 1. The number of hydrogen-bond acceptors (Lipinski definition) is 2. The maximum absolute atomic E-state index is 11.6. The molecule has 1 saturated heterocycles. The minimum absolute atomic E-state index is 0.0113. The molecule has 0 radical (unpaired) electrons. The fourth-order valence-electron chi connectivity index (χ4n) is 1.61. The van der Waals surface area contributed by atoms with Gasteiger partial charge in [0, 0.05) is 13.0 Å². The molecule has 4 heteroatoms. The highest BCUT2D eigenvalue weighted by molar-refractivity contribution is 6.22. The van der Waals surface area contributed by atoms with Crippen molar-refractivity contribution in [2.24, 2.45) is 5.92 Å². The van der Waals surface area contributed by atoms with Crippen LogP contribution in [0, 0.1) is 17.2 Å². The normalized spacial score (nSPS) is 26.4. The van der Waals surface area contributed by atoms with Crippen LogP contribution in [0.15, 0.2) is 0 Å². The highest BCUT2D eigenvalue weighted by Gasteiger charge is 2.43. The standard InChI is InChI=1S/C10H15ClN2O/c1-7(2)10(3,6-12)13-5-8(11)4-9(13)14/h7-8H,4-5H2,1-3H3. The largest absolute Gasteiger partial charge is 0.322 e. The van der Waals surface area contributed by atoms with Gasteiger partial charge in [0.1, 0.15) is 5.54 Å². The molecule has 78 valence electrons. The topological polar surface area (TPSA) is 44.1 Å². The van der Waals surface area contributed by atoms with Crippen LogP contribution in [0.4, 0.5) is 0 Å². The first kappa shape index (κ1) is 11.3. The van der Waals surface area contributed by atoms with Crippen LogP contribution in [0.3, 0.4) is 0 Å². The molecule has 0 N–H and O–H groups in total. The molecule has 2 atom stereocenters. The molecule has 0 aromatic rings. The van der Waals surface area contributed by atoms with Gasteiger partial charge >= 0.3 is 0 Å². The molecule has 1 aliphatic heterocycles. The second-order valence-electron chi connectivity index (χ2n) is 4.22. The minimum Gasteiger partial charge on any atom is -0.322 e. The summed E-state index contributed by atoms with van der Waals surface area (Å²) in [6.45, 7) is 6.17. The number of hydrogen-bond donors (Lipinski definition) is 0. The summed E-state index contributed by atoms with van der Waals surface area (Å²) in [4.78, 5) is 13.2. The lowest BCUT2D eigenvalue weighted by Gasteiger charge is -2.36. The Kier molecular flexibility index (Phi) is 3.06. The zero-order chi connectivity index (χ0) is 10.9. The summed E-state index contributed by atoms with van der Waals surface area (Å²) in [6.07, 6.45) is 0.353. The zero-order valence-corrected chi connectivity index (χ0v) is 9.51. The molecule has 1 rings (SSSR count). The molecular weight excluding hydrogens is 200 g/mol. The number of nitrogens with zero attached hydrogens (tertiary/aromatic N) is 2. The first-order chi connectivity index (χ1) is 6.41. The third kappa shape index (κ3) is 1.72. The van der Waals surface area contributed by atoms with Gasteiger partial charge in [0.25, 0.3) is 0 Å². The molecule has 14 heavy (non-hydrogen) atoms. The van der Waals surface area contributed by atoms with Crippen LogP contribution < -0.4 is 0 Å². The van der Waals surface area contributed by atoms with E-state index in [2.05, 4.69) is 6.07 Å². The molecule has 0 aliphatic carbocycles. The molecule has 3 nitrogen and oxygen atoms in total. The summed E-state index contributed by atoms with van der Waals surface area (Å²) in [5.74, 6) is 0.0983. The van der Waals surface area contributed by atoms with Crippen molar-refractivity contribution in [3.8, 4) is 6.07 Å². The quantitative estimate of drug-likeness (QED) is 0.658. The maximum atomic E-state index is 11.6. The summed E-state index contributed by atoms with van der Waals surface area (Å²) in [6, 6.07) is 2.22. The second kappa shape index (κ2) is 3.78. The first-order valence-electron chi connectivity index (χ1n) is 4.77. The number of alkyl halides is 1. The van der Waals surface area contributed by atoms with Crippen LogP contribution in [0.25, 0.3) is 0 Å². The smallest absolute Gasteiger partial charge is 0.225 e. The molecule has 1 fully saturated rings. The molecule has 0 spiro atoms. The lowest BCUT2D eigenvalue weighted by atomic mass is 9.88. The maximum Gasteiger partial charge on any atom is 0.225 e. The summed E-state index contributed by atoms with van der Waals surface area (Å²) in [5.41, 5.74) is -0.722. The lowest BCUT2D eigenvalue weighted by molar-refractivity contribution is -0.132. The highest BCUT2D eigenvalue weighted by atomic mass is 35.5. The van der Waals surface area contributed by atoms with Crippen molar-refractivity contribution in [3.63, 3.8) is 0 Å². The Morgan fingerprint density at radius 2 is 2.29 bits per heavy atom. The molecule has 0 aromatic carbocycles. The van der Waals surface area contributed by atoms with Gasteiger partial charge in [-0.1, -0.05) is 13.8 Å². The Morgan fingerprint density at radius 1 is 1.71 bits per heavy atom. The average molecular weight is 215 g/mol. The number of nitriles is 1. The Hall–Kier alpha value is -0.750. The van der Waals surface area contributed by atoms with Crippen molar-refractivity contribution in [1.29, 1.82) is 5.26 Å². The van der Waals surface area contributed by atoms with E-state index in [-0.39, 0.29) is 17.2 Å². The van der Waals surface area contributed by atoms with Crippen molar-refractivity contribution < 1.29 is 4.79 Å². The molecular formula is C10H15ClN2O. The van der Waals surface area contributed by atoms with Gasteiger partial charge in [-0.05, 0) is 12.8 Å². The molecule has 1 aliphatic rings. The van der Waals surface area contributed by atoms with E-state index < -0.39 is 5.54 Å². The molecule has 0 saturated carbocycles. The van der Waals surface area contributed by atoms with Crippen molar-refractivity contribution >= 4 is 17.5 Å². The van der Waals surface area contributed by atoms with Gasteiger partial charge in [-0.15, -0.1) is 11.6 Å². The third-order valence-electron chi connectivity index (χ3n) is 2.99. The van der Waals surface area contributed by atoms with Gasteiger partial charge < -0.3 is 4.90 Å². The molecule has 2 unspecified atom stereocenters. The van der Waals surface area contributed by atoms with Crippen LogP contribution in [-0.4, -0.2) is 28.3 Å². The predicted octanol–water partition coefficient (Wildman–Crippen LogP) is 1.76. The Morgan fingerprint density at radius 3 is 2.57 bits per heavy atom. The van der Waals surface area contributed by atoms with Gasteiger partial charge in [-0.2, -0.15) is 5.26 Å². The van der Waals surface area contributed by atoms with Crippen molar-refractivity contribution in [2.75, 3.05) is 6.54 Å². The van der Waals surface area contributed by atoms with Gasteiger partial charge in [0.2, 0.25) is 5.91 Å². The number of amides is 1. The van der Waals surface area contributed by atoms with E-state index in [1.165, 1.54) is 0 Å². The van der Waals surface area contributed by atoms with Crippen LogP contribution in [0.1, 0.15) is 27.2 Å². The molecule has 0 bridgehead atoms. The second-order valence-corrected chi connectivity index (χ2v) is 4.84.